The predicted molar refractivity (Wildman–Crippen MR) is 60.8 cm³/mol. The van der Waals surface area contributed by atoms with Crippen LogP contribution in [-0.4, -0.2) is 34.8 Å². The van der Waals surface area contributed by atoms with Crippen LogP contribution in [0.2, 0.25) is 0 Å². The molecule has 2 N–H and O–H groups in total. The zero-order valence-electron chi connectivity index (χ0n) is 10.1. The van der Waals surface area contributed by atoms with Gasteiger partial charge in [0.25, 0.3) is 0 Å². The fourth-order valence-electron chi connectivity index (χ4n) is 2.10. The molecule has 0 radical (unpaired) electrons. The van der Waals surface area contributed by atoms with Gasteiger partial charge in [-0.3, -0.25) is 0 Å². The smallest absolute Gasteiger partial charge is 0.415 e. The van der Waals surface area contributed by atoms with Crippen molar-refractivity contribution >= 4 is 18.0 Å². The van der Waals surface area contributed by atoms with Gasteiger partial charge in [0, 0.05) is 6.61 Å². The first-order valence-corrected chi connectivity index (χ1v) is 6.57. The van der Waals surface area contributed by atoms with Crippen LogP contribution in [0.15, 0.2) is 0 Å². The van der Waals surface area contributed by atoms with Crippen molar-refractivity contribution in [2.24, 2.45) is 11.8 Å². The summed E-state index contributed by atoms with van der Waals surface area (Å²) in [6.07, 6.45) is 3.42. The molecule has 1 aliphatic carbocycles. The minimum absolute atomic E-state index is 0.0279. The summed E-state index contributed by atoms with van der Waals surface area (Å²) < 4.78 is 34.2. The molecular weight excluding hydrogens is 286 g/mol. The highest BCUT2D eigenvalue weighted by Crippen LogP contribution is 2.33. The molecule has 1 rings (SSSR count). The van der Waals surface area contributed by atoms with Crippen LogP contribution in [0.4, 0.5) is 8.78 Å². The molecule has 112 valence electrons. The van der Waals surface area contributed by atoms with Crippen molar-refractivity contribution < 1.29 is 38.0 Å². The number of halogens is 2. The summed E-state index contributed by atoms with van der Waals surface area (Å²) in [5.74, 6) is -1.91. The van der Waals surface area contributed by atoms with E-state index in [2.05, 4.69) is 14.1 Å². The van der Waals surface area contributed by atoms with E-state index in [1.54, 1.807) is 0 Å². The van der Waals surface area contributed by atoms with Gasteiger partial charge in [0.1, 0.15) is 12.0 Å². The second-order valence-corrected chi connectivity index (χ2v) is 5.14. The fourth-order valence-corrected chi connectivity index (χ4v) is 2.35. The van der Waals surface area contributed by atoms with E-state index < -0.39 is 23.3 Å². The second kappa shape index (κ2) is 7.95. The van der Waals surface area contributed by atoms with E-state index in [-0.39, 0.29) is 25.0 Å². The molecule has 1 saturated carbocycles. The minimum atomic E-state index is -3.97. The van der Waals surface area contributed by atoms with Gasteiger partial charge in [-0.05, 0) is 24.7 Å². The molecule has 0 aromatic heterocycles. The van der Waals surface area contributed by atoms with Crippen molar-refractivity contribution in [3.63, 3.8) is 0 Å². The van der Waals surface area contributed by atoms with Crippen LogP contribution in [0.5, 0.6) is 0 Å². The number of alkyl halides is 2. The van der Waals surface area contributed by atoms with Crippen molar-refractivity contribution in [2.45, 2.75) is 30.9 Å². The van der Waals surface area contributed by atoms with Crippen LogP contribution < -0.4 is 0 Å². The fraction of sp³-hybridized carbons (Fsp3) is 0.900. The van der Waals surface area contributed by atoms with Crippen molar-refractivity contribution in [1.82, 2.24) is 0 Å². The predicted octanol–water partition coefficient (Wildman–Crippen LogP) is 1.99. The van der Waals surface area contributed by atoms with Gasteiger partial charge in [-0.1, -0.05) is 17.9 Å². The molecule has 0 spiro atoms. The molecule has 0 aromatic carbocycles. The van der Waals surface area contributed by atoms with E-state index in [1.165, 1.54) is 0 Å². The Morgan fingerprint density at radius 3 is 2.53 bits per heavy atom. The number of hydrogen-bond donors (Lipinski definition) is 2. The van der Waals surface area contributed by atoms with Gasteiger partial charge in [0.15, 0.2) is 0 Å². The first kappa shape index (κ1) is 16.6. The molecule has 2 unspecified atom stereocenters. The highest BCUT2D eigenvalue weighted by molar-refractivity contribution is 7.96. The number of rotatable bonds is 7. The molecule has 2 atom stereocenters. The summed E-state index contributed by atoms with van der Waals surface area (Å²) in [7, 11) is 0. The average molecular weight is 302 g/mol. The van der Waals surface area contributed by atoms with Crippen molar-refractivity contribution in [3.8, 4) is 0 Å². The summed E-state index contributed by atoms with van der Waals surface area (Å²) in [4.78, 5) is 11.1. The van der Waals surface area contributed by atoms with Crippen molar-refractivity contribution in [2.75, 3.05) is 13.2 Å². The van der Waals surface area contributed by atoms with Crippen LogP contribution in [-0.2, 0) is 18.9 Å². The van der Waals surface area contributed by atoms with E-state index in [9.17, 15) is 13.6 Å². The highest BCUT2D eigenvalue weighted by Gasteiger charge is 2.44. The quantitative estimate of drug-likeness (QED) is 0.322. The maximum absolute atomic E-state index is 13.1. The SMILES string of the molecule is O=C(OCC1CCCCC1CO)C(F)(F)SOOO. The van der Waals surface area contributed by atoms with Crippen LogP contribution in [0.25, 0.3) is 0 Å². The van der Waals surface area contributed by atoms with E-state index in [4.69, 9.17) is 10.4 Å². The normalized spacial score (nSPS) is 24.2. The molecule has 19 heavy (non-hydrogen) atoms. The van der Waals surface area contributed by atoms with Gasteiger partial charge >= 0.3 is 11.2 Å². The van der Waals surface area contributed by atoms with E-state index in [0.717, 1.165) is 25.7 Å². The third kappa shape index (κ3) is 5.19. The number of esters is 1. The molecule has 0 heterocycles. The number of aliphatic hydroxyl groups is 1. The molecule has 1 fully saturated rings. The standard InChI is InChI=1S/C10H16F2O6S/c11-10(12,19-18-17-15)9(14)16-6-8-4-2-1-3-7(8)5-13/h7-8,13,15H,1-6H2. The third-order valence-corrected chi connectivity index (χ3v) is 3.64. The topological polar surface area (TPSA) is 85.2 Å². The van der Waals surface area contributed by atoms with E-state index in [1.807, 2.05) is 0 Å². The molecule has 6 nitrogen and oxygen atoms in total. The molecule has 9 heteroatoms. The van der Waals surface area contributed by atoms with E-state index in [0.29, 0.717) is 0 Å². The van der Waals surface area contributed by atoms with Crippen molar-refractivity contribution in [3.05, 3.63) is 0 Å². The van der Waals surface area contributed by atoms with Gasteiger partial charge in [0.2, 0.25) is 0 Å². The Hall–Kier alpha value is -0.480. The second-order valence-electron chi connectivity index (χ2n) is 4.33. The summed E-state index contributed by atoms with van der Waals surface area (Å²) in [6, 6.07) is 0. The van der Waals surface area contributed by atoms with Crippen LogP contribution in [0.3, 0.4) is 0 Å². The first-order chi connectivity index (χ1) is 9.01. The van der Waals surface area contributed by atoms with Crippen LogP contribution in [0.1, 0.15) is 25.7 Å². The average Bonchev–Trinajstić information content (AvgIpc) is 2.42. The highest BCUT2D eigenvalue weighted by atomic mass is 32.2. The lowest BCUT2D eigenvalue weighted by molar-refractivity contribution is -0.433. The van der Waals surface area contributed by atoms with Crippen molar-refractivity contribution in [1.29, 1.82) is 0 Å². The lowest BCUT2D eigenvalue weighted by Crippen LogP contribution is -2.32. The Morgan fingerprint density at radius 2 is 1.95 bits per heavy atom. The number of aliphatic hydroxyl groups excluding tert-OH is 1. The summed E-state index contributed by atoms with van der Waals surface area (Å²) in [6.45, 7) is -0.213. The van der Waals surface area contributed by atoms with Gasteiger partial charge in [-0.15, -0.1) is 4.33 Å². The zero-order chi connectivity index (χ0) is 14.3. The molecule has 1 aliphatic rings. The number of carbonyl (C=O) groups excluding carboxylic acids is 1. The Balaban J connectivity index is 2.39. The van der Waals surface area contributed by atoms with Gasteiger partial charge in [-0.25, -0.2) is 10.1 Å². The largest absolute Gasteiger partial charge is 0.460 e. The van der Waals surface area contributed by atoms with Gasteiger partial charge < -0.3 is 9.84 Å². The number of carbonyl (C=O) groups is 1. The molecule has 0 aliphatic heterocycles. The minimum Gasteiger partial charge on any atom is -0.460 e. The molecule has 0 amide bonds. The molecule has 0 saturated heterocycles. The first-order valence-electron chi connectivity index (χ1n) is 5.83. The van der Waals surface area contributed by atoms with Crippen LogP contribution >= 0.6 is 12.0 Å². The Bertz CT molecular complexity index is 291. The third-order valence-electron chi connectivity index (χ3n) is 3.14. The van der Waals surface area contributed by atoms with E-state index >= 15 is 0 Å². The molecule has 0 aromatic rings. The summed E-state index contributed by atoms with van der Waals surface area (Å²) >= 11 is -0.650. The van der Waals surface area contributed by atoms with Gasteiger partial charge in [-0.2, -0.15) is 8.78 Å². The maximum atomic E-state index is 13.1. The molecular formula is C10H16F2O6S. The van der Waals surface area contributed by atoms with Gasteiger partial charge in [0.05, 0.1) is 6.61 Å². The Labute approximate surface area is 113 Å². The Morgan fingerprint density at radius 1 is 1.32 bits per heavy atom. The van der Waals surface area contributed by atoms with Crippen LogP contribution in [0, 0.1) is 11.8 Å². The summed E-state index contributed by atoms with van der Waals surface area (Å²) in [5, 5.41) is 15.9. The lowest BCUT2D eigenvalue weighted by Gasteiger charge is -2.29. The molecule has 0 bridgehead atoms. The summed E-state index contributed by atoms with van der Waals surface area (Å²) in [5.41, 5.74) is 0. The maximum Gasteiger partial charge on any atom is 0.415 e. The Kier molecular flexibility index (Phi) is 6.94. The number of hydrogen-bond acceptors (Lipinski definition) is 7. The zero-order valence-corrected chi connectivity index (χ0v) is 10.9. The number of ether oxygens (including phenoxy) is 1. The lowest BCUT2D eigenvalue weighted by atomic mass is 9.80. The monoisotopic (exact) mass is 302 g/mol.